The molecule has 1 N–H and O–H groups in total. The second-order valence-corrected chi connectivity index (χ2v) is 11.5. The Labute approximate surface area is 230 Å². The molecule has 1 atom stereocenters. The number of anilines is 1. The number of rotatable bonds is 5. The third-order valence-corrected chi connectivity index (χ3v) is 8.68. The Morgan fingerprint density at radius 2 is 2.00 bits per heavy atom. The van der Waals surface area contributed by atoms with Gasteiger partial charge in [-0.2, -0.15) is 13.2 Å². The molecule has 0 radical (unpaired) electrons. The molecule has 0 amide bonds. The van der Waals surface area contributed by atoms with E-state index >= 15 is 0 Å². The lowest BCUT2D eigenvalue weighted by molar-refractivity contribution is -0.141. The van der Waals surface area contributed by atoms with E-state index < -0.39 is 24.0 Å². The zero-order valence-electron chi connectivity index (χ0n) is 20.8. The number of alkyl halides is 3. The Bertz CT molecular complexity index is 1670. The number of fused-ring (bicyclic) bond motifs is 2. The first-order valence-electron chi connectivity index (χ1n) is 12.7. The number of pyridine rings is 1. The maximum absolute atomic E-state index is 12.9. The van der Waals surface area contributed by atoms with Crippen LogP contribution in [0, 0.1) is 0 Å². The van der Waals surface area contributed by atoms with Gasteiger partial charge in [0.05, 0.1) is 16.8 Å². The van der Waals surface area contributed by atoms with Gasteiger partial charge in [0, 0.05) is 64.3 Å². The molecule has 1 unspecified atom stereocenters. The van der Waals surface area contributed by atoms with E-state index in [0.717, 1.165) is 71.6 Å². The van der Waals surface area contributed by atoms with Crippen LogP contribution < -0.4 is 21.5 Å². The Balaban J connectivity index is 1.43. The molecule has 1 saturated heterocycles. The summed E-state index contributed by atoms with van der Waals surface area (Å²) in [5.74, 6) is 0. The normalized spacial score (nSPS) is 17.6. The lowest BCUT2D eigenvalue weighted by Gasteiger charge is -2.38. The van der Waals surface area contributed by atoms with Gasteiger partial charge in [-0.1, -0.05) is 11.6 Å². The van der Waals surface area contributed by atoms with Crippen molar-refractivity contribution in [1.82, 2.24) is 19.4 Å². The number of benzene rings is 1. The van der Waals surface area contributed by atoms with Crippen LogP contribution in [0.2, 0.25) is 5.02 Å². The van der Waals surface area contributed by atoms with Crippen LogP contribution in [0.15, 0.2) is 52.3 Å². The van der Waals surface area contributed by atoms with Gasteiger partial charge >= 0.3 is 11.9 Å². The zero-order valence-corrected chi connectivity index (χ0v) is 22.4. The predicted octanol–water partition coefficient (Wildman–Crippen LogP) is 4.67. The van der Waals surface area contributed by atoms with Crippen molar-refractivity contribution in [3.63, 3.8) is 0 Å². The van der Waals surface area contributed by atoms with Gasteiger partial charge in [0.1, 0.15) is 6.54 Å². The standard InChI is InChI=1S/C27H25ClF3N5O2S/c28-17-10-16-2-1-8-35(18-3-6-32-13-18)24(16)21(11-17)20-4-7-33-22-12-19(39-25(20)22)14-36-23(37)5-9-34(26(36)38)15-27(29,30)31/h4-5,7,9-12,18,32H,1-3,6,8,13-15H2. The van der Waals surface area contributed by atoms with Gasteiger partial charge in [0.15, 0.2) is 0 Å². The van der Waals surface area contributed by atoms with E-state index in [0.29, 0.717) is 26.0 Å². The smallest absolute Gasteiger partial charge is 0.366 e. The van der Waals surface area contributed by atoms with Crippen LogP contribution in [-0.4, -0.2) is 46.0 Å². The second kappa shape index (κ2) is 10.1. The molecule has 0 aliphatic carbocycles. The van der Waals surface area contributed by atoms with Crippen LogP contribution in [0.5, 0.6) is 0 Å². The molecule has 12 heteroatoms. The van der Waals surface area contributed by atoms with Crippen molar-refractivity contribution < 1.29 is 13.2 Å². The number of aryl methyl sites for hydroxylation is 1. The molecule has 0 saturated carbocycles. The molecule has 6 rings (SSSR count). The van der Waals surface area contributed by atoms with E-state index in [9.17, 15) is 22.8 Å². The summed E-state index contributed by atoms with van der Waals surface area (Å²) in [5, 5.41) is 4.11. The predicted molar refractivity (Wildman–Crippen MR) is 147 cm³/mol. The molecule has 39 heavy (non-hydrogen) atoms. The molecule has 1 fully saturated rings. The number of thiophene rings is 1. The minimum Gasteiger partial charge on any atom is -0.366 e. The fourth-order valence-electron chi connectivity index (χ4n) is 5.66. The summed E-state index contributed by atoms with van der Waals surface area (Å²) >= 11 is 7.97. The SMILES string of the molecule is O=c1ccn(CC(F)(F)F)c(=O)n1Cc1cc2nccc(-c3cc(Cl)cc4c3N(C3CCNC3)CCC4)c2s1. The minimum absolute atomic E-state index is 0.148. The summed E-state index contributed by atoms with van der Waals surface area (Å²) in [5.41, 5.74) is 3.36. The first kappa shape index (κ1) is 26.1. The first-order chi connectivity index (χ1) is 18.7. The Kier molecular flexibility index (Phi) is 6.76. The van der Waals surface area contributed by atoms with Gasteiger partial charge in [-0.25, -0.2) is 4.79 Å². The molecular formula is C27H25ClF3N5O2S. The number of halogens is 4. The molecule has 2 aliphatic heterocycles. The van der Waals surface area contributed by atoms with E-state index in [4.69, 9.17) is 11.6 Å². The maximum Gasteiger partial charge on any atom is 0.406 e. The lowest BCUT2D eigenvalue weighted by atomic mass is 9.92. The van der Waals surface area contributed by atoms with E-state index in [1.807, 2.05) is 18.2 Å². The van der Waals surface area contributed by atoms with Crippen molar-refractivity contribution in [3.8, 4) is 11.1 Å². The average molecular weight is 576 g/mol. The molecule has 204 valence electrons. The van der Waals surface area contributed by atoms with Gasteiger partial charge in [0.25, 0.3) is 5.56 Å². The Hall–Kier alpha value is -3.15. The highest BCUT2D eigenvalue weighted by molar-refractivity contribution is 7.19. The fourth-order valence-corrected chi connectivity index (χ4v) is 7.03. The monoisotopic (exact) mass is 575 g/mol. The largest absolute Gasteiger partial charge is 0.406 e. The summed E-state index contributed by atoms with van der Waals surface area (Å²) in [6.45, 7) is 1.26. The van der Waals surface area contributed by atoms with E-state index in [1.54, 1.807) is 12.3 Å². The van der Waals surface area contributed by atoms with Gasteiger partial charge in [-0.3, -0.25) is 18.9 Å². The number of nitrogens with one attached hydrogen (secondary N) is 1. The number of hydrogen-bond donors (Lipinski definition) is 1. The van der Waals surface area contributed by atoms with Crippen LogP contribution in [0.4, 0.5) is 18.9 Å². The summed E-state index contributed by atoms with van der Waals surface area (Å²) in [6.07, 6.45) is 1.07. The minimum atomic E-state index is -4.58. The summed E-state index contributed by atoms with van der Waals surface area (Å²) in [6, 6.07) is 9.12. The van der Waals surface area contributed by atoms with Crippen molar-refractivity contribution in [2.24, 2.45) is 0 Å². The first-order valence-corrected chi connectivity index (χ1v) is 13.9. The summed E-state index contributed by atoms with van der Waals surface area (Å²) in [4.78, 5) is 32.8. The molecule has 5 heterocycles. The summed E-state index contributed by atoms with van der Waals surface area (Å²) < 4.78 is 41.0. The number of nitrogens with zero attached hydrogens (tertiary/aromatic N) is 4. The number of aromatic nitrogens is 3. The van der Waals surface area contributed by atoms with Crippen LogP contribution in [-0.2, 0) is 19.5 Å². The van der Waals surface area contributed by atoms with Crippen molar-refractivity contribution in [2.45, 2.75) is 44.6 Å². The van der Waals surface area contributed by atoms with Gasteiger partial charge in [0.2, 0.25) is 0 Å². The van der Waals surface area contributed by atoms with E-state index in [-0.39, 0.29) is 6.54 Å². The van der Waals surface area contributed by atoms with E-state index in [2.05, 4.69) is 15.2 Å². The van der Waals surface area contributed by atoms with Gasteiger partial charge in [-0.05, 0) is 55.6 Å². The Morgan fingerprint density at radius 3 is 2.77 bits per heavy atom. The van der Waals surface area contributed by atoms with Crippen LogP contribution in [0.1, 0.15) is 23.3 Å². The molecule has 1 aromatic carbocycles. The Morgan fingerprint density at radius 1 is 1.15 bits per heavy atom. The average Bonchev–Trinajstić information content (AvgIpc) is 3.56. The molecule has 7 nitrogen and oxygen atoms in total. The lowest BCUT2D eigenvalue weighted by Crippen LogP contribution is -2.41. The molecule has 3 aromatic heterocycles. The van der Waals surface area contributed by atoms with Crippen molar-refractivity contribution in [2.75, 3.05) is 24.5 Å². The second-order valence-electron chi connectivity index (χ2n) is 9.96. The van der Waals surface area contributed by atoms with Gasteiger partial charge < -0.3 is 10.2 Å². The highest BCUT2D eigenvalue weighted by Gasteiger charge is 2.31. The molecular weight excluding hydrogens is 551 g/mol. The highest BCUT2D eigenvalue weighted by Crippen LogP contribution is 2.44. The fraction of sp³-hybridized carbons (Fsp3) is 0.370. The molecule has 2 aliphatic rings. The maximum atomic E-state index is 12.9. The van der Waals surface area contributed by atoms with Crippen LogP contribution >= 0.6 is 22.9 Å². The molecule has 4 aromatic rings. The van der Waals surface area contributed by atoms with Gasteiger partial charge in [-0.15, -0.1) is 11.3 Å². The van der Waals surface area contributed by atoms with E-state index in [1.165, 1.54) is 22.6 Å². The molecule has 0 bridgehead atoms. The highest BCUT2D eigenvalue weighted by atomic mass is 35.5. The topological polar surface area (TPSA) is 72.2 Å². The van der Waals surface area contributed by atoms with Crippen molar-refractivity contribution >= 4 is 38.8 Å². The summed E-state index contributed by atoms with van der Waals surface area (Å²) in [7, 11) is 0. The quantitative estimate of drug-likeness (QED) is 0.375. The third kappa shape index (κ3) is 5.10. The van der Waals surface area contributed by atoms with Crippen LogP contribution in [0.3, 0.4) is 0 Å². The van der Waals surface area contributed by atoms with Crippen molar-refractivity contribution in [3.05, 3.63) is 79.0 Å². The number of hydrogen-bond acceptors (Lipinski definition) is 6. The molecule has 0 spiro atoms. The van der Waals surface area contributed by atoms with Crippen LogP contribution in [0.25, 0.3) is 21.3 Å². The zero-order chi connectivity index (χ0) is 27.3. The van der Waals surface area contributed by atoms with Crippen molar-refractivity contribution in [1.29, 1.82) is 0 Å². The third-order valence-electron chi connectivity index (χ3n) is 7.32.